The minimum atomic E-state index is -0.0215. The normalized spacial score (nSPS) is 13.0. The van der Waals surface area contributed by atoms with Crippen LogP contribution in [0.2, 0.25) is 0 Å². The van der Waals surface area contributed by atoms with Gasteiger partial charge in [0, 0.05) is 12.1 Å². The molecule has 0 bridgehead atoms. The predicted octanol–water partition coefficient (Wildman–Crippen LogP) is 2.91. The summed E-state index contributed by atoms with van der Waals surface area (Å²) >= 11 is 0. The maximum absolute atomic E-state index is 12.0. The van der Waals surface area contributed by atoms with Gasteiger partial charge in [-0.05, 0) is 48.4 Å². The molecule has 0 aromatic heterocycles. The molecular formula is C17H28N2O2. The first-order valence-electron chi connectivity index (χ1n) is 7.56. The van der Waals surface area contributed by atoms with Crippen LogP contribution in [-0.2, 0) is 11.4 Å². The van der Waals surface area contributed by atoms with E-state index in [0.717, 1.165) is 24.1 Å². The van der Waals surface area contributed by atoms with Crippen LogP contribution in [0.3, 0.4) is 0 Å². The van der Waals surface area contributed by atoms with Crippen molar-refractivity contribution in [2.45, 2.75) is 46.6 Å². The van der Waals surface area contributed by atoms with Crippen molar-refractivity contribution in [1.29, 1.82) is 0 Å². The molecule has 0 radical (unpaired) electrons. The molecule has 0 saturated carbocycles. The van der Waals surface area contributed by atoms with Crippen molar-refractivity contribution in [3.8, 4) is 0 Å². The Morgan fingerprint density at radius 1 is 1.33 bits per heavy atom. The minimum absolute atomic E-state index is 0.0105. The molecule has 1 amide bonds. The molecule has 118 valence electrons. The summed E-state index contributed by atoms with van der Waals surface area (Å²) in [6.45, 7) is 7.20. The number of amides is 1. The second-order valence-corrected chi connectivity index (χ2v) is 6.59. The molecule has 1 atom stereocenters. The van der Waals surface area contributed by atoms with E-state index < -0.39 is 0 Å². The van der Waals surface area contributed by atoms with E-state index in [1.807, 2.05) is 18.2 Å². The van der Waals surface area contributed by atoms with Crippen molar-refractivity contribution in [3.63, 3.8) is 0 Å². The van der Waals surface area contributed by atoms with Crippen LogP contribution in [-0.4, -0.2) is 17.6 Å². The van der Waals surface area contributed by atoms with E-state index in [9.17, 15) is 4.79 Å². The van der Waals surface area contributed by atoms with Gasteiger partial charge < -0.3 is 16.2 Å². The highest BCUT2D eigenvalue weighted by molar-refractivity contribution is 5.90. The van der Waals surface area contributed by atoms with Gasteiger partial charge >= 0.3 is 0 Å². The average Bonchev–Trinajstić information content (AvgIpc) is 2.42. The highest BCUT2D eigenvalue weighted by atomic mass is 16.3. The van der Waals surface area contributed by atoms with Crippen LogP contribution >= 0.6 is 0 Å². The molecule has 0 aliphatic heterocycles. The Kier molecular flexibility index (Phi) is 6.85. The van der Waals surface area contributed by atoms with Gasteiger partial charge in [-0.2, -0.15) is 0 Å². The lowest BCUT2D eigenvalue weighted by atomic mass is 9.76. The molecule has 1 aromatic rings. The van der Waals surface area contributed by atoms with Crippen LogP contribution < -0.4 is 11.1 Å². The van der Waals surface area contributed by atoms with Gasteiger partial charge in [-0.25, -0.2) is 0 Å². The molecular weight excluding hydrogens is 264 g/mol. The summed E-state index contributed by atoms with van der Waals surface area (Å²) in [5.74, 6) is 0.452. The molecule has 1 unspecified atom stereocenters. The highest BCUT2D eigenvalue weighted by Gasteiger charge is 2.24. The lowest BCUT2D eigenvalue weighted by Crippen LogP contribution is -2.25. The number of nitrogens with one attached hydrogen (secondary N) is 1. The van der Waals surface area contributed by atoms with Gasteiger partial charge in [-0.1, -0.05) is 32.9 Å². The first-order chi connectivity index (χ1) is 9.86. The summed E-state index contributed by atoms with van der Waals surface area (Å²) in [7, 11) is 0. The number of rotatable bonds is 7. The summed E-state index contributed by atoms with van der Waals surface area (Å²) < 4.78 is 0. The Morgan fingerprint density at radius 3 is 2.62 bits per heavy atom. The van der Waals surface area contributed by atoms with E-state index >= 15 is 0 Å². The largest absolute Gasteiger partial charge is 0.392 e. The van der Waals surface area contributed by atoms with Crippen molar-refractivity contribution in [3.05, 3.63) is 29.8 Å². The number of hydrogen-bond donors (Lipinski definition) is 3. The smallest absolute Gasteiger partial charge is 0.224 e. The number of anilines is 1. The third-order valence-electron chi connectivity index (χ3n) is 3.85. The maximum atomic E-state index is 12.0. The van der Waals surface area contributed by atoms with Gasteiger partial charge in [0.15, 0.2) is 0 Å². The lowest BCUT2D eigenvalue weighted by molar-refractivity contribution is -0.116. The number of aliphatic hydroxyl groups is 1. The third kappa shape index (κ3) is 6.27. The van der Waals surface area contributed by atoms with E-state index in [1.165, 1.54) is 0 Å². The molecule has 0 fully saturated rings. The van der Waals surface area contributed by atoms with E-state index in [2.05, 4.69) is 26.1 Å². The van der Waals surface area contributed by atoms with Crippen LogP contribution in [0.1, 0.15) is 45.6 Å². The van der Waals surface area contributed by atoms with Crippen LogP contribution in [0.15, 0.2) is 24.3 Å². The van der Waals surface area contributed by atoms with Crippen LogP contribution in [0.25, 0.3) is 0 Å². The highest BCUT2D eigenvalue weighted by Crippen LogP contribution is 2.32. The third-order valence-corrected chi connectivity index (χ3v) is 3.85. The quantitative estimate of drug-likeness (QED) is 0.723. The maximum Gasteiger partial charge on any atom is 0.224 e. The van der Waals surface area contributed by atoms with Crippen molar-refractivity contribution in [2.75, 3.05) is 11.9 Å². The molecule has 1 aromatic carbocycles. The number of carbonyl (C=O) groups is 1. The SMILES string of the molecule is CC(C)(C)C(CCN)CCC(=O)Nc1cccc(CO)c1. The second kappa shape index (κ2) is 8.15. The van der Waals surface area contributed by atoms with E-state index in [0.29, 0.717) is 18.9 Å². The molecule has 4 N–H and O–H groups in total. The summed E-state index contributed by atoms with van der Waals surface area (Å²) in [6.07, 6.45) is 2.27. The molecule has 0 spiro atoms. The van der Waals surface area contributed by atoms with Crippen LogP contribution in [0, 0.1) is 11.3 Å². The summed E-state index contributed by atoms with van der Waals surface area (Å²) in [6, 6.07) is 7.28. The summed E-state index contributed by atoms with van der Waals surface area (Å²) in [5, 5.41) is 12.0. The molecule has 0 heterocycles. The van der Waals surface area contributed by atoms with Crippen molar-refractivity contribution < 1.29 is 9.90 Å². The standard InChI is InChI=1S/C17H28N2O2/c1-17(2,3)14(9-10-18)7-8-16(21)19-15-6-4-5-13(11-15)12-20/h4-6,11,14,20H,7-10,12,18H2,1-3H3,(H,19,21). The molecule has 0 aliphatic rings. The van der Waals surface area contributed by atoms with E-state index in [4.69, 9.17) is 10.8 Å². The van der Waals surface area contributed by atoms with Gasteiger partial charge in [-0.15, -0.1) is 0 Å². The van der Waals surface area contributed by atoms with Crippen molar-refractivity contribution in [1.82, 2.24) is 0 Å². The first-order valence-corrected chi connectivity index (χ1v) is 7.56. The second-order valence-electron chi connectivity index (χ2n) is 6.59. The Labute approximate surface area is 127 Å². The zero-order valence-corrected chi connectivity index (χ0v) is 13.4. The number of aliphatic hydroxyl groups excluding tert-OH is 1. The number of hydrogen-bond acceptors (Lipinski definition) is 3. The Balaban J connectivity index is 2.52. The van der Waals surface area contributed by atoms with E-state index in [1.54, 1.807) is 6.07 Å². The summed E-state index contributed by atoms with van der Waals surface area (Å²) in [4.78, 5) is 12.0. The average molecular weight is 292 g/mol. The monoisotopic (exact) mass is 292 g/mol. The molecule has 21 heavy (non-hydrogen) atoms. The first kappa shape index (κ1) is 17.7. The van der Waals surface area contributed by atoms with Gasteiger partial charge in [-0.3, -0.25) is 4.79 Å². The van der Waals surface area contributed by atoms with Gasteiger partial charge in [0.2, 0.25) is 5.91 Å². The topological polar surface area (TPSA) is 75.4 Å². The Hall–Kier alpha value is -1.39. The molecule has 0 aliphatic carbocycles. The summed E-state index contributed by atoms with van der Waals surface area (Å²) in [5.41, 5.74) is 7.36. The van der Waals surface area contributed by atoms with E-state index in [-0.39, 0.29) is 17.9 Å². The van der Waals surface area contributed by atoms with Crippen LogP contribution in [0.4, 0.5) is 5.69 Å². The van der Waals surface area contributed by atoms with Gasteiger partial charge in [0.05, 0.1) is 6.61 Å². The fraction of sp³-hybridized carbons (Fsp3) is 0.588. The van der Waals surface area contributed by atoms with Crippen molar-refractivity contribution >= 4 is 11.6 Å². The zero-order chi connectivity index (χ0) is 15.9. The number of nitrogens with two attached hydrogens (primary N) is 1. The number of benzene rings is 1. The van der Waals surface area contributed by atoms with Crippen molar-refractivity contribution in [2.24, 2.45) is 17.1 Å². The molecule has 4 heteroatoms. The zero-order valence-electron chi connectivity index (χ0n) is 13.4. The fourth-order valence-electron chi connectivity index (χ4n) is 2.49. The molecule has 4 nitrogen and oxygen atoms in total. The van der Waals surface area contributed by atoms with Gasteiger partial charge in [0.25, 0.3) is 0 Å². The lowest BCUT2D eigenvalue weighted by Gasteiger charge is -2.30. The fourth-order valence-corrected chi connectivity index (χ4v) is 2.49. The predicted molar refractivity (Wildman–Crippen MR) is 86.8 cm³/mol. The Morgan fingerprint density at radius 2 is 2.05 bits per heavy atom. The Bertz CT molecular complexity index is 452. The number of carbonyl (C=O) groups excluding carboxylic acids is 1. The molecule has 0 saturated heterocycles. The van der Waals surface area contributed by atoms with Crippen LogP contribution in [0.5, 0.6) is 0 Å². The minimum Gasteiger partial charge on any atom is -0.392 e. The van der Waals surface area contributed by atoms with Gasteiger partial charge in [0.1, 0.15) is 0 Å². The molecule has 1 rings (SSSR count).